The Morgan fingerprint density at radius 1 is 1.13 bits per heavy atom. The highest BCUT2D eigenvalue weighted by atomic mass is 16.3. The van der Waals surface area contributed by atoms with Crippen molar-refractivity contribution < 1.29 is 10.2 Å². The minimum Gasteiger partial charge on any atom is -0.445 e. The predicted molar refractivity (Wildman–Crippen MR) is 61.0 cm³/mol. The first kappa shape index (κ1) is 11.4. The normalized spacial score (nSPS) is 34.0. The molecule has 3 N–H and O–H groups in total. The molecule has 0 aromatic carbocycles. The number of hydrogen-bond acceptors (Lipinski definition) is 2. The highest BCUT2D eigenvalue weighted by Crippen LogP contribution is 2.29. The van der Waals surface area contributed by atoms with E-state index in [-0.39, 0.29) is 6.10 Å². The van der Waals surface area contributed by atoms with Gasteiger partial charge in [0.2, 0.25) is 0 Å². The van der Waals surface area contributed by atoms with Gasteiger partial charge in [-0.05, 0) is 50.6 Å². The predicted octanol–water partition coefficient (Wildman–Crippen LogP) is 0.584. The molecule has 2 rings (SSSR count). The quantitative estimate of drug-likeness (QED) is 0.696. The largest absolute Gasteiger partial charge is 0.445 e. The van der Waals surface area contributed by atoms with Gasteiger partial charge in [-0.2, -0.15) is 0 Å². The molecule has 15 heavy (non-hydrogen) atoms. The minimum absolute atomic E-state index is 0.00384. The fourth-order valence-electron chi connectivity index (χ4n) is 2.88. The van der Waals surface area contributed by atoms with Crippen LogP contribution in [0.5, 0.6) is 0 Å². The van der Waals surface area contributed by atoms with Crippen LogP contribution in [0.15, 0.2) is 0 Å². The summed E-state index contributed by atoms with van der Waals surface area (Å²) in [5.74, 6) is 1.57. The maximum Gasteiger partial charge on any atom is 0.143 e. The van der Waals surface area contributed by atoms with E-state index in [9.17, 15) is 5.11 Å². The summed E-state index contributed by atoms with van der Waals surface area (Å²) < 4.78 is 0. The van der Waals surface area contributed by atoms with E-state index < -0.39 is 0 Å². The van der Waals surface area contributed by atoms with E-state index in [4.69, 9.17) is 5.11 Å². The van der Waals surface area contributed by atoms with Gasteiger partial charge in [0, 0.05) is 13.0 Å². The van der Waals surface area contributed by atoms with Crippen LogP contribution in [-0.4, -0.2) is 47.5 Å². The Bertz CT molecular complexity index is 184. The Morgan fingerprint density at radius 3 is 2.33 bits per heavy atom. The summed E-state index contributed by atoms with van der Waals surface area (Å²) in [5, 5.41) is 16.4. The van der Waals surface area contributed by atoms with Gasteiger partial charge in [0.1, 0.15) is 6.61 Å². The topological polar surface area (TPSA) is 46.4 Å². The van der Waals surface area contributed by atoms with Crippen molar-refractivity contribution in [1.29, 1.82) is 0 Å². The number of rotatable bonds is 4. The van der Waals surface area contributed by atoms with Gasteiger partial charge in [-0.3, -0.25) is 0 Å². The van der Waals surface area contributed by atoms with E-state index in [1.807, 2.05) is 0 Å². The third-order valence-electron chi connectivity index (χ3n) is 3.99. The van der Waals surface area contributed by atoms with Crippen molar-refractivity contribution in [1.82, 2.24) is 4.90 Å². The Balaban J connectivity index is 1.61. The van der Waals surface area contributed by atoms with Crippen molar-refractivity contribution in [3.8, 4) is 0 Å². The maximum atomic E-state index is 9.22. The van der Waals surface area contributed by atoms with Crippen LogP contribution < -0.4 is 0 Å². The van der Waals surface area contributed by atoms with Gasteiger partial charge in [0.25, 0.3) is 0 Å². The second kappa shape index (κ2) is 5.28. The van der Waals surface area contributed by atoms with E-state index in [1.165, 1.54) is 32.5 Å². The summed E-state index contributed by atoms with van der Waals surface area (Å²) in [6, 6.07) is 0. The van der Waals surface area contributed by atoms with E-state index in [0.717, 1.165) is 31.1 Å². The molecule has 1 saturated carbocycles. The summed E-state index contributed by atoms with van der Waals surface area (Å²) in [4.78, 5) is 2.55. The summed E-state index contributed by atoms with van der Waals surface area (Å²) >= 11 is 0. The Kier molecular flexibility index (Phi) is 4.00. The van der Waals surface area contributed by atoms with E-state index in [2.05, 4.69) is 4.90 Å². The van der Waals surface area contributed by atoms with Crippen LogP contribution in [0.25, 0.3) is 0 Å². The molecule has 2 fully saturated rings. The second-order valence-corrected chi connectivity index (χ2v) is 5.27. The molecular formula is C12H24NO2+. The molecule has 1 heterocycles. The lowest BCUT2D eigenvalue weighted by molar-refractivity contribution is 0.0177. The Morgan fingerprint density at radius 2 is 1.80 bits per heavy atom. The molecule has 0 atom stereocenters. The number of likely N-dealkylation sites (tertiary alicyclic amines) is 1. The van der Waals surface area contributed by atoms with Crippen molar-refractivity contribution in [2.75, 3.05) is 26.2 Å². The fraction of sp³-hybridized carbons (Fsp3) is 1.00. The van der Waals surface area contributed by atoms with Gasteiger partial charge in [0.15, 0.2) is 0 Å². The van der Waals surface area contributed by atoms with Gasteiger partial charge >= 0.3 is 0 Å². The lowest BCUT2D eigenvalue weighted by atomic mass is 9.81. The zero-order valence-electron chi connectivity index (χ0n) is 9.49. The molecular weight excluding hydrogens is 190 g/mol. The van der Waals surface area contributed by atoms with E-state index >= 15 is 0 Å². The molecule has 1 saturated heterocycles. The Labute approximate surface area is 92.1 Å². The molecule has 0 radical (unpaired) electrons. The maximum absolute atomic E-state index is 9.22. The van der Waals surface area contributed by atoms with Crippen LogP contribution in [0.3, 0.4) is 0 Å². The van der Waals surface area contributed by atoms with Gasteiger partial charge < -0.3 is 15.1 Å². The second-order valence-electron chi connectivity index (χ2n) is 5.27. The molecule has 1 aliphatic heterocycles. The molecule has 1 aliphatic carbocycles. The molecule has 3 heteroatoms. The molecule has 3 nitrogen and oxygen atoms in total. The van der Waals surface area contributed by atoms with Gasteiger partial charge in [-0.25, -0.2) is 0 Å². The SMILES string of the molecule is OC1CC(CN2CCC(CC[OH2+])CC2)C1. The van der Waals surface area contributed by atoms with Crippen LogP contribution in [0.1, 0.15) is 32.1 Å². The number of piperidine rings is 1. The monoisotopic (exact) mass is 214 g/mol. The smallest absolute Gasteiger partial charge is 0.143 e. The van der Waals surface area contributed by atoms with Crippen molar-refractivity contribution in [2.24, 2.45) is 11.8 Å². The van der Waals surface area contributed by atoms with Crippen molar-refractivity contribution in [3.63, 3.8) is 0 Å². The van der Waals surface area contributed by atoms with Crippen LogP contribution in [0.2, 0.25) is 0 Å². The molecule has 0 aromatic rings. The molecule has 88 valence electrons. The van der Waals surface area contributed by atoms with Crippen LogP contribution in [0, 0.1) is 11.8 Å². The molecule has 0 bridgehead atoms. The minimum atomic E-state index is -0.00384. The zero-order chi connectivity index (χ0) is 10.7. The third-order valence-corrected chi connectivity index (χ3v) is 3.99. The fourth-order valence-corrected chi connectivity index (χ4v) is 2.88. The number of nitrogens with zero attached hydrogens (tertiary/aromatic N) is 1. The van der Waals surface area contributed by atoms with Gasteiger partial charge in [0.05, 0.1) is 6.10 Å². The molecule has 0 amide bonds. The summed E-state index contributed by atoms with van der Waals surface area (Å²) in [6.45, 7) is 4.23. The first-order chi connectivity index (χ1) is 7.28. The summed E-state index contributed by atoms with van der Waals surface area (Å²) in [6.07, 6.45) is 5.70. The molecule has 0 unspecified atom stereocenters. The average Bonchev–Trinajstić information content (AvgIpc) is 2.19. The van der Waals surface area contributed by atoms with Crippen molar-refractivity contribution >= 4 is 0 Å². The highest BCUT2D eigenvalue weighted by molar-refractivity contribution is 4.83. The molecule has 2 aliphatic rings. The molecule has 0 aromatic heterocycles. The lowest BCUT2D eigenvalue weighted by Gasteiger charge is -2.38. The van der Waals surface area contributed by atoms with Gasteiger partial charge in [-0.1, -0.05) is 0 Å². The van der Waals surface area contributed by atoms with Crippen LogP contribution in [-0.2, 0) is 0 Å². The van der Waals surface area contributed by atoms with Crippen LogP contribution >= 0.6 is 0 Å². The molecule has 0 spiro atoms. The summed E-state index contributed by atoms with van der Waals surface area (Å²) in [5.41, 5.74) is 0. The van der Waals surface area contributed by atoms with Crippen molar-refractivity contribution in [2.45, 2.75) is 38.2 Å². The van der Waals surface area contributed by atoms with Crippen LogP contribution in [0.4, 0.5) is 0 Å². The lowest BCUT2D eigenvalue weighted by Crippen LogP contribution is -2.42. The van der Waals surface area contributed by atoms with E-state index in [1.54, 1.807) is 0 Å². The van der Waals surface area contributed by atoms with Crippen molar-refractivity contribution in [3.05, 3.63) is 0 Å². The number of aliphatic hydroxyl groups excluding tert-OH is 1. The van der Waals surface area contributed by atoms with E-state index in [0.29, 0.717) is 6.61 Å². The standard InChI is InChI=1S/C12H23NO2/c14-6-3-10-1-4-13(5-2-10)9-11-7-12(15)8-11/h10-12,14-15H,1-9H2/p+1. The number of hydrogen-bond donors (Lipinski definition) is 1. The first-order valence-electron chi connectivity index (χ1n) is 6.33. The third kappa shape index (κ3) is 3.16. The highest BCUT2D eigenvalue weighted by Gasteiger charge is 2.30. The first-order valence-corrected chi connectivity index (χ1v) is 6.33. The summed E-state index contributed by atoms with van der Waals surface area (Å²) in [7, 11) is 0. The number of aliphatic hydroxyl groups is 1. The Hall–Kier alpha value is -0.120. The zero-order valence-corrected chi connectivity index (χ0v) is 9.49. The average molecular weight is 214 g/mol. The van der Waals surface area contributed by atoms with Gasteiger partial charge in [-0.15, -0.1) is 0 Å².